The maximum absolute atomic E-state index is 6.04. The van der Waals surface area contributed by atoms with E-state index in [2.05, 4.69) is 54.6 Å². The van der Waals surface area contributed by atoms with Crippen LogP contribution in [0.3, 0.4) is 0 Å². The lowest BCUT2D eigenvalue weighted by Gasteiger charge is -2.32. The molecule has 0 aliphatic carbocycles. The fourth-order valence-corrected chi connectivity index (χ4v) is 3.59. The van der Waals surface area contributed by atoms with Gasteiger partial charge in [-0.1, -0.05) is 27.7 Å². The van der Waals surface area contributed by atoms with Crippen molar-refractivity contribution in [1.82, 2.24) is 0 Å². The van der Waals surface area contributed by atoms with Gasteiger partial charge in [-0.2, -0.15) is 0 Å². The van der Waals surface area contributed by atoms with Crippen molar-refractivity contribution in [2.24, 2.45) is 11.8 Å². The summed E-state index contributed by atoms with van der Waals surface area (Å²) in [5.41, 5.74) is 0. The molecule has 0 saturated heterocycles. The molecule has 0 fully saturated rings. The summed E-state index contributed by atoms with van der Waals surface area (Å²) < 4.78 is 12.1. The molecule has 0 spiro atoms. The molecule has 0 aliphatic heterocycles. The van der Waals surface area contributed by atoms with Crippen molar-refractivity contribution in [2.45, 2.75) is 66.8 Å². The van der Waals surface area contributed by atoms with Gasteiger partial charge in [0.15, 0.2) is 0 Å². The highest BCUT2D eigenvalue weighted by atomic mass is 28.4. The minimum Gasteiger partial charge on any atom is -0.391 e. The quantitative estimate of drug-likeness (QED) is 0.648. The summed E-state index contributed by atoms with van der Waals surface area (Å²) in [6.07, 6.45) is 0.567. The molecule has 0 aromatic heterocycles. The van der Waals surface area contributed by atoms with Crippen LogP contribution in [0.1, 0.15) is 41.5 Å². The van der Waals surface area contributed by atoms with Crippen LogP contribution in [0, 0.1) is 11.8 Å². The molecule has 0 rings (SSSR count). The van der Waals surface area contributed by atoms with E-state index in [1.54, 1.807) is 0 Å². The molecule has 0 N–H and O–H groups in total. The van der Waals surface area contributed by atoms with E-state index >= 15 is 0 Å². The topological polar surface area (TPSA) is 18.5 Å². The third-order valence-corrected chi connectivity index (χ3v) is 4.70. The van der Waals surface area contributed by atoms with Gasteiger partial charge in [0, 0.05) is 12.2 Å². The van der Waals surface area contributed by atoms with E-state index in [0.717, 1.165) is 0 Å². The zero-order valence-corrected chi connectivity index (χ0v) is 12.6. The Balaban J connectivity index is 4.18. The van der Waals surface area contributed by atoms with Crippen LogP contribution >= 0.6 is 0 Å². The zero-order chi connectivity index (χ0) is 12.2. The third kappa shape index (κ3) is 6.33. The van der Waals surface area contributed by atoms with Crippen molar-refractivity contribution in [1.29, 1.82) is 0 Å². The van der Waals surface area contributed by atoms with Crippen LogP contribution in [0.4, 0.5) is 0 Å². The molecule has 0 aliphatic rings. The second kappa shape index (κ2) is 6.02. The third-order valence-electron chi connectivity index (χ3n) is 2.82. The second-order valence-corrected chi connectivity index (χ2v) is 8.80. The monoisotopic (exact) mass is 232 g/mol. The van der Waals surface area contributed by atoms with Crippen molar-refractivity contribution in [2.75, 3.05) is 0 Å². The highest BCUT2D eigenvalue weighted by molar-refractivity contribution is 6.64. The molecule has 0 saturated carbocycles. The summed E-state index contributed by atoms with van der Waals surface area (Å²) in [5.74, 6) is 1.10. The number of rotatable bonds is 6. The van der Waals surface area contributed by atoms with E-state index in [9.17, 15) is 0 Å². The summed E-state index contributed by atoms with van der Waals surface area (Å²) in [6, 6.07) is 0. The minimum atomic E-state index is -1.96. The van der Waals surface area contributed by atoms with E-state index in [1.165, 1.54) is 0 Å². The molecule has 0 radical (unpaired) electrons. The Kier molecular flexibility index (Phi) is 6.07. The van der Waals surface area contributed by atoms with Crippen molar-refractivity contribution in [3.63, 3.8) is 0 Å². The Labute approximate surface area is 96.6 Å². The van der Waals surface area contributed by atoms with Crippen LogP contribution in [0.15, 0.2) is 0 Å². The predicted octanol–water partition coefficient (Wildman–Crippen LogP) is 3.81. The van der Waals surface area contributed by atoms with Gasteiger partial charge in [0.1, 0.15) is 0 Å². The molecule has 2 atom stereocenters. The first-order valence-corrected chi connectivity index (χ1v) is 8.83. The maximum atomic E-state index is 6.04. The van der Waals surface area contributed by atoms with Crippen molar-refractivity contribution >= 4 is 8.56 Å². The first-order chi connectivity index (χ1) is 6.65. The molecule has 0 aromatic carbocycles. The zero-order valence-electron chi connectivity index (χ0n) is 11.6. The molecule has 0 heterocycles. The van der Waals surface area contributed by atoms with Gasteiger partial charge < -0.3 is 8.85 Å². The summed E-state index contributed by atoms with van der Waals surface area (Å²) in [4.78, 5) is 0. The molecule has 15 heavy (non-hydrogen) atoms. The molecule has 0 aromatic rings. The average molecular weight is 232 g/mol. The fraction of sp³-hybridized carbons (Fsp3) is 1.00. The normalized spacial score (nSPS) is 17.2. The van der Waals surface area contributed by atoms with Gasteiger partial charge >= 0.3 is 8.56 Å². The number of hydrogen-bond acceptors (Lipinski definition) is 2. The highest BCUT2D eigenvalue weighted by Crippen LogP contribution is 2.19. The van der Waals surface area contributed by atoms with E-state index < -0.39 is 8.56 Å². The number of hydrogen-bond donors (Lipinski definition) is 0. The smallest absolute Gasteiger partial charge is 0.332 e. The largest absolute Gasteiger partial charge is 0.391 e. The van der Waals surface area contributed by atoms with Crippen LogP contribution in [0.2, 0.25) is 13.1 Å². The highest BCUT2D eigenvalue weighted by Gasteiger charge is 2.30. The van der Waals surface area contributed by atoms with Gasteiger partial charge in [-0.3, -0.25) is 0 Å². The Hall–Kier alpha value is 0.137. The molecular formula is C12H28O2Si. The lowest BCUT2D eigenvalue weighted by atomic mass is 10.1. The van der Waals surface area contributed by atoms with Gasteiger partial charge in [0.05, 0.1) is 0 Å². The van der Waals surface area contributed by atoms with Crippen LogP contribution < -0.4 is 0 Å². The van der Waals surface area contributed by atoms with Crippen LogP contribution in [0.5, 0.6) is 0 Å². The minimum absolute atomic E-state index is 0.283. The molecular weight excluding hydrogens is 204 g/mol. The Morgan fingerprint density at radius 2 is 0.933 bits per heavy atom. The van der Waals surface area contributed by atoms with Crippen LogP contribution in [-0.4, -0.2) is 20.8 Å². The maximum Gasteiger partial charge on any atom is 0.332 e. The van der Waals surface area contributed by atoms with Crippen molar-refractivity contribution < 1.29 is 8.85 Å². The van der Waals surface area contributed by atoms with Gasteiger partial charge in [-0.25, -0.2) is 0 Å². The van der Waals surface area contributed by atoms with Crippen molar-refractivity contribution in [3.8, 4) is 0 Å². The summed E-state index contributed by atoms with van der Waals surface area (Å²) >= 11 is 0. The van der Waals surface area contributed by atoms with Gasteiger partial charge in [0.25, 0.3) is 0 Å². The Morgan fingerprint density at radius 1 is 0.667 bits per heavy atom. The Bertz CT molecular complexity index is 160. The van der Waals surface area contributed by atoms with E-state index in [0.29, 0.717) is 11.8 Å². The first kappa shape index (κ1) is 15.1. The lowest BCUT2D eigenvalue weighted by Crippen LogP contribution is -2.43. The molecule has 0 bridgehead atoms. The van der Waals surface area contributed by atoms with Gasteiger partial charge in [0.2, 0.25) is 0 Å². The standard InChI is InChI=1S/C12H28O2Si/c1-9(2)11(5)13-15(7,8)14-12(6)10(3)4/h9-12H,1-8H3. The van der Waals surface area contributed by atoms with Crippen LogP contribution in [-0.2, 0) is 8.85 Å². The van der Waals surface area contributed by atoms with Gasteiger partial charge in [-0.15, -0.1) is 0 Å². The summed E-state index contributed by atoms with van der Waals surface area (Å²) in [5, 5.41) is 0. The predicted molar refractivity (Wildman–Crippen MR) is 68.3 cm³/mol. The fourth-order valence-electron chi connectivity index (χ4n) is 1.20. The second-order valence-electron chi connectivity index (χ2n) is 5.53. The van der Waals surface area contributed by atoms with Gasteiger partial charge in [-0.05, 0) is 38.8 Å². The molecule has 2 unspecified atom stereocenters. The lowest BCUT2D eigenvalue weighted by molar-refractivity contribution is 0.0623. The summed E-state index contributed by atoms with van der Waals surface area (Å²) in [6.45, 7) is 17.2. The summed E-state index contributed by atoms with van der Waals surface area (Å²) in [7, 11) is -1.96. The molecule has 2 nitrogen and oxygen atoms in total. The van der Waals surface area contributed by atoms with Crippen molar-refractivity contribution in [3.05, 3.63) is 0 Å². The van der Waals surface area contributed by atoms with E-state index in [-0.39, 0.29) is 12.2 Å². The van der Waals surface area contributed by atoms with E-state index in [4.69, 9.17) is 8.85 Å². The van der Waals surface area contributed by atoms with E-state index in [1.807, 2.05) is 0 Å². The van der Waals surface area contributed by atoms with Crippen LogP contribution in [0.25, 0.3) is 0 Å². The first-order valence-electron chi connectivity index (χ1n) is 6.01. The average Bonchev–Trinajstić information content (AvgIpc) is 2.01. The molecule has 0 amide bonds. The Morgan fingerprint density at radius 3 is 1.13 bits per heavy atom. The molecule has 3 heteroatoms. The molecule has 92 valence electrons. The SMILES string of the molecule is CC(C)C(C)O[Si](C)(C)OC(C)C(C)C.